The van der Waals surface area contributed by atoms with Crippen LogP contribution in [0.1, 0.15) is 70.6 Å². The van der Waals surface area contributed by atoms with Gasteiger partial charge in [-0.15, -0.1) is 0 Å². The van der Waals surface area contributed by atoms with Crippen LogP contribution in [0.25, 0.3) is 16.8 Å². The zero-order chi connectivity index (χ0) is 23.0. The zero-order valence-electron chi connectivity index (χ0n) is 19.6. The first kappa shape index (κ1) is 21.9. The number of rotatable bonds is 3. The fraction of sp³-hybridized carbons (Fsp3) is 0.583. The highest BCUT2D eigenvalue weighted by Crippen LogP contribution is 2.32. The quantitative estimate of drug-likeness (QED) is 0.585. The van der Waals surface area contributed by atoms with Gasteiger partial charge >= 0.3 is 6.09 Å². The number of amides is 1. The minimum atomic E-state index is -0.474. The summed E-state index contributed by atoms with van der Waals surface area (Å²) in [6.45, 7) is 7.83. The Morgan fingerprint density at radius 1 is 1.03 bits per heavy atom. The summed E-state index contributed by atoms with van der Waals surface area (Å²) in [5.74, 6) is 0.325. The second-order valence-corrected chi connectivity index (χ2v) is 9.98. The van der Waals surface area contributed by atoms with Crippen LogP contribution in [0.3, 0.4) is 0 Å². The average molecular weight is 453 g/mol. The molecule has 0 spiro atoms. The third-order valence-corrected chi connectivity index (χ3v) is 6.36. The van der Waals surface area contributed by atoms with Crippen LogP contribution < -0.4 is 0 Å². The predicted octanol–water partition coefficient (Wildman–Crippen LogP) is 4.41. The first-order chi connectivity index (χ1) is 15.9. The number of carbonyl (C=O) groups excluding carboxylic acids is 1. The third-order valence-electron chi connectivity index (χ3n) is 6.36. The van der Waals surface area contributed by atoms with Crippen LogP contribution in [-0.2, 0) is 9.47 Å². The largest absolute Gasteiger partial charge is 0.444 e. The Morgan fingerprint density at radius 2 is 1.82 bits per heavy atom. The van der Waals surface area contributed by atoms with Crippen molar-refractivity contribution in [2.75, 3.05) is 19.7 Å². The van der Waals surface area contributed by atoms with Crippen LogP contribution >= 0.6 is 0 Å². The van der Waals surface area contributed by atoms with Crippen LogP contribution in [0.4, 0.5) is 4.79 Å². The van der Waals surface area contributed by atoms with Gasteiger partial charge in [-0.25, -0.2) is 19.0 Å². The lowest BCUT2D eigenvalue weighted by molar-refractivity contribution is -0.0394. The topological polar surface area (TPSA) is 86.8 Å². The van der Waals surface area contributed by atoms with Gasteiger partial charge in [-0.2, -0.15) is 10.2 Å². The Hall–Kier alpha value is -2.94. The molecule has 0 aromatic carbocycles. The van der Waals surface area contributed by atoms with Gasteiger partial charge in [-0.3, -0.25) is 0 Å². The minimum Gasteiger partial charge on any atom is -0.444 e. The summed E-state index contributed by atoms with van der Waals surface area (Å²) in [6, 6.07) is 0. The summed E-state index contributed by atoms with van der Waals surface area (Å²) in [6.07, 6.45) is 14.5. The first-order valence-corrected chi connectivity index (χ1v) is 11.8. The summed E-state index contributed by atoms with van der Waals surface area (Å²) in [5.41, 5.74) is 3.51. The van der Waals surface area contributed by atoms with Crippen molar-refractivity contribution in [3.05, 3.63) is 36.5 Å². The maximum absolute atomic E-state index is 12.4. The SMILES string of the molecule is CC(C)(C)OC(=O)N1CCC(c2cnn3cc(-c4cnn([C@H]5CCCCO5)c4)cnc23)CC1. The van der Waals surface area contributed by atoms with E-state index in [9.17, 15) is 4.79 Å². The second-order valence-electron chi connectivity index (χ2n) is 9.98. The Bertz CT molecular complexity index is 1120. The lowest BCUT2D eigenvalue weighted by Gasteiger charge is -2.33. The molecular weight excluding hydrogens is 420 g/mol. The number of carbonyl (C=O) groups is 1. The summed E-state index contributed by atoms with van der Waals surface area (Å²) >= 11 is 0. The molecule has 0 aliphatic carbocycles. The van der Waals surface area contributed by atoms with E-state index in [0.29, 0.717) is 19.0 Å². The lowest BCUT2D eigenvalue weighted by atomic mass is 9.91. The van der Waals surface area contributed by atoms with E-state index in [4.69, 9.17) is 14.5 Å². The predicted molar refractivity (Wildman–Crippen MR) is 123 cm³/mol. The fourth-order valence-electron chi connectivity index (χ4n) is 4.61. The van der Waals surface area contributed by atoms with Crippen molar-refractivity contribution in [2.45, 2.75) is 70.6 Å². The van der Waals surface area contributed by atoms with Gasteiger partial charge in [0.25, 0.3) is 0 Å². The van der Waals surface area contributed by atoms with Gasteiger partial charge in [0.1, 0.15) is 11.8 Å². The van der Waals surface area contributed by atoms with E-state index in [2.05, 4.69) is 10.2 Å². The summed E-state index contributed by atoms with van der Waals surface area (Å²) in [4.78, 5) is 18.9. The molecule has 2 saturated heterocycles. The smallest absolute Gasteiger partial charge is 0.410 e. The van der Waals surface area contributed by atoms with Crippen LogP contribution in [-0.4, -0.2) is 60.7 Å². The van der Waals surface area contributed by atoms with E-state index in [-0.39, 0.29) is 12.3 Å². The van der Waals surface area contributed by atoms with E-state index in [1.165, 1.54) is 6.42 Å². The standard InChI is InChI=1S/C24H32N6O3/c1-24(2,3)33-23(31)28-9-7-17(8-10-28)20-14-27-30-16-18(12-25-22(20)30)19-13-26-29(15-19)21-6-4-5-11-32-21/h12-17,21H,4-11H2,1-3H3/t21-/m1/s1. The zero-order valence-corrected chi connectivity index (χ0v) is 19.6. The Morgan fingerprint density at radius 3 is 2.55 bits per heavy atom. The molecule has 9 nitrogen and oxygen atoms in total. The maximum Gasteiger partial charge on any atom is 0.410 e. The highest BCUT2D eigenvalue weighted by atomic mass is 16.6. The highest BCUT2D eigenvalue weighted by molar-refractivity contribution is 5.68. The number of aromatic nitrogens is 5. The molecule has 1 atom stereocenters. The molecule has 0 N–H and O–H groups in total. The number of fused-ring (bicyclic) bond motifs is 1. The van der Waals surface area contributed by atoms with Crippen LogP contribution in [0.2, 0.25) is 0 Å². The minimum absolute atomic E-state index is 0.0204. The number of hydrogen-bond acceptors (Lipinski definition) is 6. The lowest BCUT2D eigenvalue weighted by Crippen LogP contribution is -2.41. The monoisotopic (exact) mass is 452 g/mol. The number of hydrogen-bond donors (Lipinski definition) is 0. The Kier molecular flexibility index (Phi) is 5.82. The average Bonchev–Trinajstić information content (AvgIpc) is 3.46. The molecule has 5 rings (SSSR count). The van der Waals surface area contributed by atoms with Crippen LogP contribution in [0.15, 0.2) is 31.0 Å². The Balaban J connectivity index is 1.27. The third kappa shape index (κ3) is 4.73. The first-order valence-electron chi connectivity index (χ1n) is 11.8. The van der Waals surface area contributed by atoms with Crippen LogP contribution in [0.5, 0.6) is 0 Å². The van der Waals surface area contributed by atoms with Gasteiger partial charge in [0.15, 0.2) is 5.65 Å². The van der Waals surface area contributed by atoms with Gasteiger partial charge in [-0.05, 0) is 58.8 Å². The van der Waals surface area contributed by atoms with Gasteiger partial charge < -0.3 is 14.4 Å². The van der Waals surface area contributed by atoms with Gasteiger partial charge in [0, 0.05) is 55.0 Å². The van der Waals surface area contributed by atoms with Gasteiger partial charge in [0.05, 0.1) is 12.4 Å². The molecule has 0 radical (unpaired) electrons. The molecule has 2 aliphatic rings. The van der Waals surface area contributed by atoms with Gasteiger partial charge in [0.2, 0.25) is 0 Å². The highest BCUT2D eigenvalue weighted by Gasteiger charge is 2.29. The molecule has 3 aromatic heterocycles. The van der Waals surface area contributed by atoms with Crippen molar-refractivity contribution in [3.8, 4) is 11.1 Å². The molecule has 0 saturated carbocycles. The van der Waals surface area contributed by atoms with E-state index in [0.717, 1.165) is 54.6 Å². The normalized spacial score (nSPS) is 20.3. The van der Waals surface area contributed by atoms with Gasteiger partial charge in [-0.1, -0.05) is 0 Å². The molecule has 3 aromatic rings. The second kappa shape index (κ2) is 8.78. The molecule has 1 amide bonds. The number of piperidine rings is 1. The number of nitrogens with zero attached hydrogens (tertiary/aromatic N) is 6. The molecule has 33 heavy (non-hydrogen) atoms. The Labute approximate surface area is 193 Å². The summed E-state index contributed by atoms with van der Waals surface area (Å²) in [5, 5.41) is 9.09. The van der Waals surface area contributed by atoms with E-state index in [1.807, 2.05) is 61.0 Å². The number of ether oxygens (including phenoxy) is 2. The number of likely N-dealkylation sites (tertiary alicyclic amines) is 1. The molecule has 2 aliphatic heterocycles. The van der Waals surface area contributed by atoms with Crippen molar-refractivity contribution in [1.82, 2.24) is 29.3 Å². The fourth-order valence-corrected chi connectivity index (χ4v) is 4.61. The van der Waals surface area contributed by atoms with Crippen molar-refractivity contribution >= 4 is 11.7 Å². The van der Waals surface area contributed by atoms with Crippen LogP contribution in [0, 0.1) is 0 Å². The molecule has 0 unspecified atom stereocenters. The van der Waals surface area contributed by atoms with E-state index >= 15 is 0 Å². The summed E-state index contributed by atoms with van der Waals surface area (Å²) in [7, 11) is 0. The van der Waals surface area contributed by atoms with Crippen molar-refractivity contribution in [1.29, 1.82) is 0 Å². The molecular formula is C24H32N6O3. The van der Waals surface area contributed by atoms with E-state index < -0.39 is 5.60 Å². The maximum atomic E-state index is 12.4. The molecule has 9 heteroatoms. The van der Waals surface area contributed by atoms with E-state index in [1.54, 1.807) is 4.90 Å². The van der Waals surface area contributed by atoms with Crippen molar-refractivity contribution < 1.29 is 14.3 Å². The molecule has 0 bridgehead atoms. The van der Waals surface area contributed by atoms with Crippen molar-refractivity contribution in [3.63, 3.8) is 0 Å². The van der Waals surface area contributed by atoms with Crippen molar-refractivity contribution in [2.24, 2.45) is 0 Å². The molecule has 2 fully saturated rings. The molecule has 176 valence electrons. The summed E-state index contributed by atoms with van der Waals surface area (Å²) < 4.78 is 15.1. The molecule has 5 heterocycles.